The van der Waals surface area contributed by atoms with Gasteiger partial charge in [0, 0.05) is 12.3 Å². The second-order valence-corrected chi connectivity index (χ2v) is 8.35. The number of aliphatic carboxylic acids is 2. The Morgan fingerprint density at radius 1 is 0.912 bits per heavy atom. The van der Waals surface area contributed by atoms with Crippen molar-refractivity contribution in [3.8, 4) is 0 Å². The first-order chi connectivity index (χ1) is 15.8. The van der Waals surface area contributed by atoms with Crippen molar-refractivity contribution >= 4 is 48.2 Å². The van der Waals surface area contributed by atoms with E-state index in [1.165, 1.54) is 0 Å². The van der Waals surface area contributed by atoms with E-state index in [1.807, 2.05) is 0 Å². The third kappa shape index (κ3) is 12.8. The number of nitrogens with one attached hydrogen (secondary N) is 3. The Labute approximate surface area is 202 Å². The van der Waals surface area contributed by atoms with Crippen LogP contribution in [0, 0.1) is 5.92 Å². The maximum atomic E-state index is 13.0. The van der Waals surface area contributed by atoms with Crippen molar-refractivity contribution < 1.29 is 34.2 Å². The van der Waals surface area contributed by atoms with E-state index < -0.39 is 60.2 Å². The predicted octanol–water partition coefficient (Wildman–Crippen LogP) is -2.64. The Morgan fingerprint density at radius 2 is 1.44 bits per heavy atom. The van der Waals surface area contributed by atoms with Gasteiger partial charge in [-0.1, -0.05) is 13.8 Å². The summed E-state index contributed by atoms with van der Waals surface area (Å²) in [6.45, 7) is 3.74. The molecule has 0 fully saturated rings. The summed E-state index contributed by atoms with van der Waals surface area (Å²) in [6, 6.07) is -4.93. The summed E-state index contributed by atoms with van der Waals surface area (Å²) in [6.07, 6.45) is -0.288. The molecule has 0 aliphatic rings. The van der Waals surface area contributed by atoms with E-state index in [-0.39, 0.29) is 37.0 Å². The smallest absolute Gasteiger partial charge is 0.326 e. The molecule has 0 rings (SSSR count). The van der Waals surface area contributed by atoms with Crippen LogP contribution in [0.25, 0.3) is 0 Å². The Hall–Kier alpha value is -3.07. The Bertz CT molecular complexity index is 759. The number of aliphatic imine (C=N–C) groups is 1. The van der Waals surface area contributed by atoms with Crippen molar-refractivity contribution in [1.29, 1.82) is 0 Å². The number of nitrogens with zero attached hydrogens (tertiary/aromatic N) is 1. The molecule has 0 aromatic heterocycles. The van der Waals surface area contributed by atoms with Crippen molar-refractivity contribution in [2.45, 2.75) is 63.7 Å². The average Bonchev–Trinajstić information content (AvgIpc) is 2.72. The summed E-state index contributed by atoms with van der Waals surface area (Å²) in [5, 5.41) is 25.2. The third-order valence-electron chi connectivity index (χ3n) is 4.45. The lowest BCUT2D eigenvalue weighted by molar-refractivity contribution is -0.147. The van der Waals surface area contributed by atoms with E-state index in [4.69, 9.17) is 22.3 Å². The molecule has 0 aliphatic heterocycles. The number of hydrogen-bond acceptors (Lipinski definition) is 8. The fourth-order valence-electron chi connectivity index (χ4n) is 2.76. The zero-order valence-corrected chi connectivity index (χ0v) is 20.1. The SMILES string of the molecule is CC(C)CC(NC(=O)C(CCCN=C(N)N)NC(=O)C(N)CS)C(=O)NC(CC(=O)O)C(=O)O. The summed E-state index contributed by atoms with van der Waals surface area (Å²) < 4.78 is 0. The van der Waals surface area contributed by atoms with Gasteiger partial charge in [0.2, 0.25) is 17.7 Å². The molecule has 4 atom stereocenters. The number of carbonyl (C=O) groups is 5. The summed E-state index contributed by atoms with van der Waals surface area (Å²) in [4.78, 5) is 63.9. The van der Waals surface area contributed by atoms with Gasteiger partial charge in [0.25, 0.3) is 0 Å². The zero-order valence-electron chi connectivity index (χ0n) is 19.2. The van der Waals surface area contributed by atoms with E-state index >= 15 is 0 Å². The highest BCUT2D eigenvalue weighted by molar-refractivity contribution is 7.80. The van der Waals surface area contributed by atoms with E-state index in [2.05, 4.69) is 33.6 Å². The molecular weight excluding hydrogens is 470 g/mol. The molecule has 0 aromatic rings. The highest BCUT2D eigenvalue weighted by Crippen LogP contribution is 2.08. The molecule has 0 saturated carbocycles. The van der Waals surface area contributed by atoms with Crippen LogP contribution in [0.5, 0.6) is 0 Å². The number of carboxylic acid groups (broad SMARTS) is 2. The van der Waals surface area contributed by atoms with Crippen molar-refractivity contribution in [3.63, 3.8) is 0 Å². The fraction of sp³-hybridized carbons (Fsp3) is 0.684. The number of amides is 3. The molecule has 3 amide bonds. The molecule has 0 heterocycles. The summed E-state index contributed by atoms with van der Waals surface area (Å²) in [7, 11) is 0. The minimum atomic E-state index is -1.68. The van der Waals surface area contributed by atoms with Crippen LogP contribution in [0.3, 0.4) is 0 Å². The molecule has 0 radical (unpaired) electrons. The second-order valence-electron chi connectivity index (χ2n) is 7.99. The van der Waals surface area contributed by atoms with E-state index in [0.717, 1.165) is 0 Å². The highest BCUT2D eigenvalue weighted by Gasteiger charge is 2.31. The van der Waals surface area contributed by atoms with Crippen LogP contribution in [0.1, 0.15) is 39.5 Å². The van der Waals surface area contributed by atoms with Gasteiger partial charge in [-0.25, -0.2) is 4.79 Å². The standard InChI is InChI=1S/C19H35N7O7S/c1-9(2)6-12(17(31)26-13(18(32)33)7-14(27)28)25-16(30)11(4-3-5-23-19(21)22)24-15(29)10(20)8-34/h9-13,34H,3-8,20H2,1-2H3,(H,24,29)(H,25,30)(H,26,31)(H,27,28)(H,32,33)(H4,21,22,23). The summed E-state index contributed by atoms with van der Waals surface area (Å²) in [5.41, 5.74) is 16.2. The van der Waals surface area contributed by atoms with Crippen LogP contribution in [0.4, 0.5) is 0 Å². The molecule has 0 spiro atoms. The first-order valence-corrected chi connectivity index (χ1v) is 11.2. The number of carbonyl (C=O) groups excluding carboxylic acids is 3. The maximum Gasteiger partial charge on any atom is 0.326 e. The quantitative estimate of drug-likeness (QED) is 0.0456. The molecule has 34 heavy (non-hydrogen) atoms. The van der Waals surface area contributed by atoms with Gasteiger partial charge in [-0.05, 0) is 25.2 Å². The van der Waals surface area contributed by atoms with Crippen LogP contribution in [0.2, 0.25) is 0 Å². The first kappa shape index (κ1) is 30.9. The van der Waals surface area contributed by atoms with Crippen molar-refractivity contribution in [1.82, 2.24) is 16.0 Å². The Morgan fingerprint density at radius 3 is 1.91 bits per heavy atom. The van der Waals surface area contributed by atoms with Gasteiger partial charge in [0.15, 0.2) is 5.96 Å². The van der Waals surface area contributed by atoms with Gasteiger partial charge in [0.1, 0.15) is 18.1 Å². The fourth-order valence-corrected chi connectivity index (χ4v) is 2.92. The molecule has 0 bridgehead atoms. The topological polar surface area (TPSA) is 252 Å². The highest BCUT2D eigenvalue weighted by atomic mass is 32.1. The molecule has 0 saturated heterocycles. The van der Waals surface area contributed by atoms with Crippen molar-refractivity contribution in [2.24, 2.45) is 28.1 Å². The first-order valence-electron chi connectivity index (χ1n) is 10.6. The molecule has 0 aliphatic carbocycles. The van der Waals surface area contributed by atoms with Gasteiger partial charge in [-0.3, -0.25) is 24.2 Å². The average molecular weight is 506 g/mol. The van der Waals surface area contributed by atoms with Gasteiger partial charge in [-0.15, -0.1) is 0 Å². The number of nitrogens with two attached hydrogens (primary N) is 3. The lowest BCUT2D eigenvalue weighted by Crippen LogP contribution is -2.57. The number of thiol groups is 1. The third-order valence-corrected chi connectivity index (χ3v) is 4.84. The summed E-state index contributed by atoms with van der Waals surface area (Å²) >= 11 is 3.95. The van der Waals surface area contributed by atoms with Crippen LogP contribution in [-0.4, -0.2) is 82.3 Å². The van der Waals surface area contributed by atoms with E-state index in [0.29, 0.717) is 6.42 Å². The molecule has 0 aromatic carbocycles. The minimum absolute atomic E-state index is 0.0344. The normalized spacial score (nSPS) is 14.3. The Kier molecular flexibility index (Phi) is 14.3. The minimum Gasteiger partial charge on any atom is -0.481 e. The number of guanidine groups is 1. The molecule has 194 valence electrons. The zero-order chi connectivity index (χ0) is 26.4. The van der Waals surface area contributed by atoms with Gasteiger partial charge < -0.3 is 43.4 Å². The van der Waals surface area contributed by atoms with Gasteiger partial charge >= 0.3 is 11.9 Å². The molecule has 14 nitrogen and oxygen atoms in total. The van der Waals surface area contributed by atoms with Crippen LogP contribution < -0.4 is 33.2 Å². The van der Waals surface area contributed by atoms with Crippen LogP contribution in [0.15, 0.2) is 4.99 Å². The van der Waals surface area contributed by atoms with Crippen LogP contribution in [-0.2, 0) is 24.0 Å². The van der Waals surface area contributed by atoms with Crippen LogP contribution >= 0.6 is 12.6 Å². The molecular formula is C19H35N7O7S. The second kappa shape index (κ2) is 15.7. The van der Waals surface area contributed by atoms with Gasteiger partial charge in [-0.2, -0.15) is 12.6 Å². The molecule has 15 heteroatoms. The lowest BCUT2D eigenvalue weighted by Gasteiger charge is -2.25. The number of carboxylic acids is 2. The largest absolute Gasteiger partial charge is 0.481 e. The van der Waals surface area contributed by atoms with E-state index in [9.17, 15) is 29.1 Å². The van der Waals surface area contributed by atoms with Crippen molar-refractivity contribution in [2.75, 3.05) is 12.3 Å². The van der Waals surface area contributed by atoms with Crippen molar-refractivity contribution in [3.05, 3.63) is 0 Å². The maximum absolute atomic E-state index is 13.0. The Balaban J connectivity index is 5.55. The number of hydrogen-bond donors (Lipinski definition) is 9. The lowest BCUT2D eigenvalue weighted by atomic mass is 10.0. The summed E-state index contributed by atoms with van der Waals surface area (Å²) in [5.74, 6) is -5.35. The molecule has 4 unspecified atom stereocenters. The number of rotatable bonds is 16. The molecule has 11 N–H and O–H groups in total. The predicted molar refractivity (Wildman–Crippen MR) is 127 cm³/mol. The van der Waals surface area contributed by atoms with E-state index in [1.54, 1.807) is 13.8 Å². The van der Waals surface area contributed by atoms with Gasteiger partial charge in [0.05, 0.1) is 12.5 Å². The monoisotopic (exact) mass is 505 g/mol.